The zero-order valence-electron chi connectivity index (χ0n) is 18.1. The molecule has 0 bridgehead atoms. The van der Waals surface area contributed by atoms with Crippen molar-refractivity contribution >= 4 is 11.9 Å². The molecule has 6 heteroatoms. The van der Waals surface area contributed by atoms with E-state index in [2.05, 4.69) is 19.2 Å². The highest BCUT2D eigenvalue weighted by Crippen LogP contribution is 2.30. The Balaban J connectivity index is 1.64. The summed E-state index contributed by atoms with van der Waals surface area (Å²) in [4.78, 5) is 28.7. The van der Waals surface area contributed by atoms with Crippen LogP contribution in [0, 0.1) is 0 Å². The van der Waals surface area contributed by atoms with Crippen LogP contribution in [0.5, 0.6) is 0 Å². The Morgan fingerprint density at radius 1 is 1.07 bits per heavy atom. The molecule has 2 N–H and O–H groups in total. The van der Waals surface area contributed by atoms with Crippen molar-refractivity contribution in [1.29, 1.82) is 0 Å². The van der Waals surface area contributed by atoms with Crippen LogP contribution in [0.15, 0.2) is 54.6 Å². The van der Waals surface area contributed by atoms with Gasteiger partial charge >= 0.3 is 6.03 Å². The maximum absolute atomic E-state index is 13.1. The zero-order valence-corrected chi connectivity index (χ0v) is 18.1. The Hall–Kier alpha value is -2.70. The van der Waals surface area contributed by atoms with Crippen LogP contribution in [0.2, 0.25) is 0 Å². The van der Waals surface area contributed by atoms with Gasteiger partial charge in [-0.25, -0.2) is 4.79 Å². The molecule has 3 amide bonds. The summed E-state index contributed by atoms with van der Waals surface area (Å²) < 4.78 is 0. The van der Waals surface area contributed by atoms with Gasteiger partial charge in [0.15, 0.2) is 0 Å². The second-order valence-corrected chi connectivity index (χ2v) is 8.58. The molecule has 0 radical (unpaired) electrons. The van der Waals surface area contributed by atoms with Crippen molar-refractivity contribution in [3.05, 3.63) is 71.3 Å². The first-order valence-electron chi connectivity index (χ1n) is 10.4. The van der Waals surface area contributed by atoms with Crippen molar-refractivity contribution in [2.75, 3.05) is 20.1 Å². The molecule has 3 rings (SSSR count). The Bertz CT molecular complexity index is 882. The molecule has 0 spiro atoms. The van der Waals surface area contributed by atoms with E-state index < -0.39 is 17.7 Å². The van der Waals surface area contributed by atoms with Crippen LogP contribution in [0.4, 0.5) is 4.79 Å². The van der Waals surface area contributed by atoms with Crippen LogP contribution in [0.1, 0.15) is 43.4 Å². The van der Waals surface area contributed by atoms with Gasteiger partial charge in [-0.2, -0.15) is 0 Å². The van der Waals surface area contributed by atoms with E-state index in [1.807, 2.05) is 66.5 Å². The van der Waals surface area contributed by atoms with Gasteiger partial charge in [0.1, 0.15) is 5.54 Å². The smallest absolute Gasteiger partial charge is 0.325 e. The van der Waals surface area contributed by atoms with E-state index in [-0.39, 0.29) is 12.5 Å². The van der Waals surface area contributed by atoms with Crippen molar-refractivity contribution in [3.63, 3.8) is 0 Å². The summed E-state index contributed by atoms with van der Waals surface area (Å²) in [7, 11) is 1.91. The summed E-state index contributed by atoms with van der Waals surface area (Å²) >= 11 is 0. The normalized spacial score (nSPS) is 20.2. The number of imide groups is 1. The predicted molar refractivity (Wildman–Crippen MR) is 117 cm³/mol. The molecule has 1 heterocycles. The van der Waals surface area contributed by atoms with Crippen molar-refractivity contribution in [2.45, 2.75) is 44.9 Å². The summed E-state index contributed by atoms with van der Waals surface area (Å²) in [5.41, 5.74) is 1.93. The van der Waals surface area contributed by atoms with Gasteiger partial charge in [0.2, 0.25) is 0 Å². The van der Waals surface area contributed by atoms with Gasteiger partial charge in [-0.1, -0.05) is 68.4 Å². The monoisotopic (exact) mass is 409 g/mol. The second-order valence-electron chi connectivity index (χ2n) is 8.58. The molecule has 2 atom stereocenters. The standard InChI is InChI=1S/C24H31N3O3/c1-17(2)19-10-12-20(13-11-19)24(3)22(29)27(23(30)25-24)16-21(28)15-26(4)14-18-8-6-5-7-9-18/h5-13,17,21,28H,14-16H2,1-4H3,(H,25,30). The quantitative estimate of drug-likeness (QED) is 0.658. The largest absolute Gasteiger partial charge is 0.390 e. The summed E-state index contributed by atoms with van der Waals surface area (Å²) in [5.74, 6) is 0.0507. The lowest BCUT2D eigenvalue weighted by Gasteiger charge is -2.25. The Morgan fingerprint density at radius 2 is 1.70 bits per heavy atom. The maximum Gasteiger partial charge on any atom is 0.325 e. The summed E-state index contributed by atoms with van der Waals surface area (Å²) in [6.45, 7) is 6.92. The number of amides is 3. The number of β-amino-alcohol motifs (C(OH)–C–C–N with tert-alkyl or cyclic N) is 1. The minimum Gasteiger partial charge on any atom is -0.390 e. The highest BCUT2D eigenvalue weighted by atomic mass is 16.3. The number of urea groups is 1. The molecule has 1 aliphatic rings. The molecule has 6 nitrogen and oxygen atoms in total. The Morgan fingerprint density at radius 3 is 2.30 bits per heavy atom. The molecular formula is C24H31N3O3. The first-order valence-corrected chi connectivity index (χ1v) is 10.4. The van der Waals surface area contributed by atoms with Crippen LogP contribution >= 0.6 is 0 Å². The number of carbonyl (C=O) groups excluding carboxylic acids is 2. The fraction of sp³-hybridized carbons (Fsp3) is 0.417. The zero-order chi connectivity index (χ0) is 21.9. The molecule has 2 unspecified atom stereocenters. The summed E-state index contributed by atoms with van der Waals surface area (Å²) in [6.07, 6.45) is -0.834. The van der Waals surface area contributed by atoms with E-state index in [1.54, 1.807) is 6.92 Å². The fourth-order valence-electron chi connectivity index (χ4n) is 3.85. The SMILES string of the molecule is CC(C)c1ccc(C2(C)NC(=O)N(CC(O)CN(C)Cc3ccccc3)C2=O)cc1. The fourth-order valence-corrected chi connectivity index (χ4v) is 3.85. The number of aliphatic hydroxyl groups is 1. The minimum absolute atomic E-state index is 0.0382. The van der Waals surface area contributed by atoms with E-state index in [0.29, 0.717) is 19.0 Å². The first-order chi connectivity index (χ1) is 14.2. The van der Waals surface area contributed by atoms with Crippen molar-refractivity contribution < 1.29 is 14.7 Å². The van der Waals surface area contributed by atoms with E-state index in [0.717, 1.165) is 16.0 Å². The number of nitrogens with one attached hydrogen (secondary N) is 1. The lowest BCUT2D eigenvalue weighted by Crippen LogP contribution is -2.43. The molecule has 0 aromatic heterocycles. The number of likely N-dealkylation sites (N-methyl/N-ethyl adjacent to an activating group) is 1. The van der Waals surface area contributed by atoms with E-state index in [1.165, 1.54) is 5.56 Å². The Labute approximate surface area is 178 Å². The van der Waals surface area contributed by atoms with Gasteiger partial charge < -0.3 is 10.4 Å². The van der Waals surface area contributed by atoms with Gasteiger partial charge in [0, 0.05) is 13.1 Å². The topological polar surface area (TPSA) is 72.9 Å². The highest BCUT2D eigenvalue weighted by Gasteiger charge is 2.49. The number of nitrogens with zero attached hydrogens (tertiary/aromatic N) is 2. The van der Waals surface area contributed by atoms with Crippen LogP contribution < -0.4 is 5.32 Å². The molecule has 0 saturated carbocycles. The van der Waals surface area contributed by atoms with Crippen LogP contribution in [-0.4, -0.2) is 53.1 Å². The van der Waals surface area contributed by atoms with Gasteiger partial charge in [-0.3, -0.25) is 14.6 Å². The predicted octanol–water partition coefficient (Wildman–Crippen LogP) is 3.07. The number of aliphatic hydroxyl groups excluding tert-OH is 1. The third-order valence-electron chi connectivity index (χ3n) is 5.64. The number of hydrogen-bond acceptors (Lipinski definition) is 4. The van der Waals surface area contributed by atoms with Crippen LogP contribution in [-0.2, 0) is 16.9 Å². The summed E-state index contributed by atoms with van der Waals surface area (Å²) in [6, 6.07) is 17.2. The lowest BCUT2D eigenvalue weighted by atomic mass is 9.90. The Kier molecular flexibility index (Phi) is 6.58. The van der Waals surface area contributed by atoms with Gasteiger partial charge in [-0.05, 0) is 36.6 Å². The molecule has 30 heavy (non-hydrogen) atoms. The molecule has 0 aliphatic carbocycles. The number of benzene rings is 2. The molecule has 2 aromatic rings. The average molecular weight is 410 g/mol. The van der Waals surface area contributed by atoms with Gasteiger partial charge in [0.05, 0.1) is 12.6 Å². The van der Waals surface area contributed by atoms with Crippen molar-refractivity contribution in [2.24, 2.45) is 0 Å². The average Bonchev–Trinajstić information content (AvgIpc) is 2.92. The van der Waals surface area contributed by atoms with E-state index >= 15 is 0 Å². The molecule has 1 aliphatic heterocycles. The molecule has 2 aromatic carbocycles. The highest BCUT2D eigenvalue weighted by molar-refractivity contribution is 6.07. The number of carbonyl (C=O) groups is 2. The first kappa shape index (κ1) is 22.0. The van der Waals surface area contributed by atoms with E-state index in [4.69, 9.17) is 0 Å². The summed E-state index contributed by atoms with van der Waals surface area (Å²) in [5, 5.41) is 13.3. The maximum atomic E-state index is 13.1. The van der Waals surface area contributed by atoms with Crippen molar-refractivity contribution in [1.82, 2.24) is 15.1 Å². The second kappa shape index (κ2) is 8.98. The van der Waals surface area contributed by atoms with Gasteiger partial charge in [0.25, 0.3) is 5.91 Å². The molecule has 1 saturated heterocycles. The van der Waals surface area contributed by atoms with Gasteiger partial charge in [-0.15, -0.1) is 0 Å². The van der Waals surface area contributed by atoms with E-state index in [9.17, 15) is 14.7 Å². The molecular weight excluding hydrogens is 378 g/mol. The third kappa shape index (κ3) is 4.71. The molecule has 1 fully saturated rings. The third-order valence-corrected chi connectivity index (χ3v) is 5.64. The minimum atomic E-state index is -1.12. The lowest BCUT2D eigenvalue weighted by molar-refractivity contribution is -0.132. The van der Waals surface area contributed by atoms with Crippen LogP contribution in [0.3, 0.4) is 0 Å². The van der Waals surface area contributed by atoms with Crippen LogP contribution in [0.25, 0.3) is 0 Å². The number of rotatable bonds is 8. The number of hydrogen-bond donors (Lipinski definition) is 2. The molecule has 160 valence electrons. The van der Waals surface area contributed by atoms with Crippen molar-refractivity contribution in [3.8, 4) is 0 Å².